The number of halogens is 1. The van der Waals surface area contributed by atoms with E-state index in [2.05, 4.69) is 21.0 Å². The van der Waals surface area contributed by atoms with Crippen molar-refractivity contribution in [2.75, 3.05) is 6.54 Å². The maximum Gasteiger partial charge on any atom is 0.290 e. The summed E-state index contributed by atoms with van der Waals surface area (Å²) >= 11 is 6.10. The second kappa shape index (κ2) is 5.11. The quantitative estimate of drug-likeness (QED) is 0.740. The number of nitrogens with one attached hydrogen (secondary N) is 1. The molecule has 1 aliphatic heterocycles. The van der Waals surface area contributed by atoms with Crippen molar-refractivity contribution >= 4 is 28.5 Å². The minimum atomic E-state index is -0.191. The van der Waals surface area contributed by atoms with Crippen LogP contribution in [0.5, 0.6) is 0 Å². The van der Waals surface area contributed by atoms with Gasteiger partial charge in [0.1, 0.15) is 11.6 Å². The normalized spacial score (nSPS) is 13.8. The number of aromatic nitrogens is 4. The van der Waals surface area contributed by atoms with E-state index in [-0.39, 0.29) is 11.7 Å². The fraction of sp³-hybridized carbons (Fsp3) is 0.200. The summed E-state index contributed by atoms with van der Waals surface area (Å²) < 4.78 is 1.83. The molecule has 3 heterocycles. The Morgan fingerprint density at radius 3 is 3.04 bits per heavy atom. The molecule has 7 nitrogen and oxygen atoms in total. The van der Waals surface area contributed by atoms with Crippen molar-refractivity contribution in [3.8, 4) is 6.07 Å². The lowest BCUT2D eigenvalue weighted by molar-refractivity contribution is 0.0700. The van der Waals surface area contributed by atoms with E-state index in [9.17, 15) is 4.79 Å². The third-order valence-corrected chi connectivity index (χ3v) is 4.24. The van der Waals surface area contributed by atoms with Crippen molar-refractivity contribution in [3.05, 3.63) is 46.8 Å². The zero-order chi connectivity index (χ0) is 16.0. The smallest absolute Gasteiger partial charge is 0.290 e. The van der Waals surface area contributed by atoms with E-state index < -0.39 is 0 Å². The topological polar surface area (TPSA) is 90.6 Å². The van der Waals surface area contributed by atoms with E-state index in [1.54, 1.807) is 23.2 Å². The number of hydrogen-bond acceptors (Lipinski definition) is 4. The summed E-state index contributed by atoms with van der Waals surface area (Å²) in [5.74, 6) is 0.451. The number of carbonyl (C=O) groups is 1. The molecule has 0 saturated heterocycles. The summed E-state index contributed by atoms with van der Waals surface area (Å²) in [5, 5.41) is 9.51. The fourth-order valence-electron chi connectivity index (χ4n) is 2.79. The summed E-state index contributed by atoms with van der Waals surface area (Å²) in [6.45, 7) is 1.45. The number of amides is 1. The van der Waals surface area contributed by atoms with Crippen LogP contribution >= 0.6 is 11.6 Å². The number of nitriles is 1. The molecule has 1 aromatic carbocycles. The summed E-state index contributed by atoms with van der Waals surface area (Å²) in [6.07, 6.45) is 1.63. The molecule has 1 aliphatic rings. The Morgan fingerprint density at radius 2 is 2.26 bits per heavy atom. The molecular weight excluding hydrogens is 316 g/mol. The highest BCUT2D eigenvalue weighted by molar-refractivity contribution is 6.35. The Kier molecular flexibility index (Phi) is 3.06. The number of hydrogen-bond donors (Lipinski definition) is 1. The Bertz CT molecular complexity index is 966. The SMILES string of the molecule is N#Cc1ncc2n1CCN(C(=O)c1nc3c(Cl)cccc3[nH]1)C2. The average molecular weight is 327 g/mol. The molecule has 0 atom stereocenters. The molecule has 4 rings (SSSR count). The van der Waals surface area contributed by atoms with Crippen molar-refractivity contribution in [1.82, 2.24) is 24.4 Å². The van der Waals surface area contributed by atoms with E-state index in [1.165, 1.54) is 0 Å². The van der Waals surface area contributed by atoms with E-state index >= 15 is 0 Å². The largest absolute Gasteiger partial charge is 0.334 e. The van der Waals surface area contributed by atoms with Crippen LogP contribution in [-0.2, 0) is 13.1 Å². The van der Waals surface area contributed by atoms with E-state index in [0.29, 0.717) is 36.0 Å². The molecule has 1 N–H and O–H groups in total. The van der Waals surface area contributed by atoms with Crippen LogP contribution in [0.15, 0.2) is 24.4 Å². The Labute approximate surface area is 136 Å². The number of benzene rings is 1. The van der Waals surface area contributed by atoms with Gasteiger partial charge in [-0.3, -0.25) is 4.79 Å². The van der Waals surface area contributed by atoms with Crippen LogP contribution in [0, 0.1) is 11.3 Å². The van der Waals surface area contributed by atoms with Crippen molar-refractivity contribution in [2.45, 2.75) is 13.1 Å². The van der Waals surface area contributed by atoms with Crippen LogP contribution in [0.25, 0.3) is 11.0 Å². The fourth-order valence-corrected chi connectivity index (χ4v) is 3.01. The second-order valence-corrected chi connectivity index (χ2v) is 5.69. The van der Waals surface area contributed by atoms with Crippen LogP contribution in [0.2, 0.25) is 5.02 Å². The number of imidazole rings is 2. The molecule has 1 amide bonds. The molecule has 23 heavy (non-hydrogen) atoms. The number of para-hydroxylation sites is 1. The third kappa shape index (κ3) is 2.15. The van der Waals surface area contributed by atoms with Gasteiger partial charge in [0.2, 0.25) is 5.82 Å². The first-order chi connectivity index (χ1) is 11.2. The second-order valence-electron chi connectivity index (χ2n) is 5.28. The standard InChI is InChI=1S/C15H11ClN6O/c16-10-2-1-3-11-13(10)20-14(19-11)15(23)21-4-5-22-9(8-21)7-18-12(22)6-17/h1-3,7H,4-5,8H2,(H,19,20). The van der Waals surface area contributed by atoms with Gasteiger partial charge >= 0.3 is 0 Å². The number of aromatic amines is 1. The molecule has 0 radical (unpaired) electrons. The maximum atomic E-state index is 12.7. The highest BCUT2D eigenvalue weighted by Gasteiger charge is 2.26. The van der Waals surface area contributed by atoms with Gasteiger partial charge in [-0.05, 0) is 12.1 Å². The predicted molar refractivity (Wildman–Crippen MR) is 82.8 cm³/mol. The number of nitrogens with zero attached hydrogens (tertiary/aromatic N) is 5. The number of H-pyrrole nitrogens is 1. The van der Waals surface area contributed by atoms with Crippen LogP contribution < -0.4 is 0 Å². The Morgan fingerprint density at radius 1 is 1.39 bits per heavy atom. The van der Waals surface area contributed by atoms with Gasteiger partial charge in [0.25, 0.3) is 5.91 Å². The molecule has 0 saturated carbocycles. The minimum Gasteiger partial charge on any atom is -0.334 e. The van der Waals surface area contributed by atoms with Crippen molar-refractivity contribution in [1.29, 1.82) is 5.26 Å². The molecule has 0 spiro atoms. The molecule has 3 aromatic rings. The first kappa shape index (κ1) is 13.8. The van der Waals surface area contributed by atoms with Gasteiger partial charge in [-0.2, -0.15) is 5.26 Å². The highest BCUT2D eigenvalue weighted by atomic mass is 35.5. The minimum absolute atomic E-state index is 0.191. The average Bonchev–Trinajstić information content (AvgIpc) is 3.18. The predicted octanol–water partition coefficient (Wildman–Crippen LogP) is 1.94. The molecule has 2 aromatic heterocycles. The summed E-state index contributed by atoms with van der Waals surface area (Å²) in [6, 6.07) is 7.42. The zero-order valence-electron chi connectivity index (χ0n) is 12.0. The van der Waals surface area contributed by atoms with Crippen LogP contribution in [0.4, 0.5) is 0 Å². The highest BCUT2D eigenvalue weighted by Crippen LogP contribution is 2.22. The van der Waals surface area contributed by atoms with Crippen LogP contribution in [-0.4, -0.2) is 36.9 Å². The van der Waals surface area contributed by atoms with Gasteiger partial charge in [0.15, 0.2) is 5.82 Å². The Balaban J connectivity index is 1.64. The molecule has 0 unspecified atom stereocenters. The molecule has 0 bridgehead atoms. The first-order valence-electron chi connectivity index (χ1n) is 7.05. The van der Waals surface area contributed by atoms with Gasteiger partial charge < -0.3 is 14.5 Å². The maximum absolute atomic E-state index is 12.7. The van der Waals surface area contributed by atoms with Gasteiger partial charge in [0, 0.05) is 13.1 Å². The van der Waals surface area contributed by atoms with E-state index in [1.807, 2.05) is 10.6 Å². The number of rotatable bonds is 1. The molecule has 0 fully saturated rings. The zero-order valence-corrected chi connectivity index (χ0v) is 12.7. The van der Waals surface area contributed by atoms with Gasteiger partial charge in [-0.25, -0.2) is 9.97 Å². The molecule has 0 aliphatic carbocycles. The third-order valence-electron chi connectivity index (χ3n) is 3.94. The molecule has 8 heteroatoms. The van der Waals surface area contributed by atoms with Crippen molar-refractivity contribution < 1.29 is 4.79 Å². The monoisotopic (exact) mass is 326 g/mol. The van der Waals surface area contributed by atoms with Gasteiger partial charge in [0.05, 0.1) is 29.0 Å². The van der Waals surface area contributed by atoms with Crippen molar-refractivity contribution in [3.63, 3.8) is 0 Å². The summed E-state index contributed by atoms with van der Waals surface area (Å²) in [4.78, 5) is 25.7. The van der Waals surface area contributed by atoms with Crippen molar-refractivity contribution in [2.24, 2.45) is 0 Å². The summed E-state index contributed by atoms with van der Waals surface area (Å²) in [5.41, 5.74) is 2.16. The van der Waals surface area contributed by atoms with Gasteiger partial charge in [-0.1, -0.05) is 17.7 Å². The first-order valence-corrected chi connectivity index (χ1v) is 7.43. The lowest BCUT2D eigenvalue weighted by Gasteiger charge is -2.27. The van der Waals surface area contributed by atoms with E-state index in [4.69, 9.17) is 16.9 Å². The summed E-state index contributed by atoms with van der Waals surface area (Å²) in [7, 11) is 0. The van der Waals surface area contributed by atoms with Crippen LogP contribution in [0.1, 0.15) is 22.1 Å². The molecule has 114 valence electrons. The lowest BCUT2D eigenvalue weighted by atomic mass is 10.3. The number of carbonyl (C=O) groups excluding carboxylic acids is 1. The number of fused-ring (bicyclic) bond motifs is 2. The Hall–Kier alpha value is -2.85. The molecular formula is C15H11ClN6O. The lowest BCUT2D eigenvalue weighted by Crippen LogP contribution is -2.38. The van der Waals surface area contributed by atoms with E-state index in [0.717, 1.165) is 11.2 Å². The van der Waals surface area contributed by atoms with Gasteiger partial charge in [-0.15, -0.1) is 0 Å². The van der Waals surface area contributed by atoms with Crippen LogP contribution in [0.3, 0.4) is 0 Å².